The van der Waals surface area contributed by atoms with Gasteiger partial charge in [0.1, 0.15) is 13.2 Å². The molecule has 6 nitrogen and oxygen atoms in total. The second kappa shape index (κ2) is 52.5. The zero-order valence-electron chi connectivity index (χ0n) is 42.0. The predicted molar refractivity (Wildman–Crippen MR) is 274 cm³/mol. The first-order chi connectivity index (χ1) is 31.5. The zero-order valence-corrected chi connectivity index (χ0v) is 42.0. The van der Waals surface area contributed by atoms with Gasteiger partial charge in [0.05, 0.1) is 0 Å². The van der Waals surface area contributed by atoms with Crippen LogP contribution in [0.4, 0.5) is 0 Å². The Morgan fingerprint density at radius 2 is 0.609 bits per heavy atom. The third-order valence-electron chi connectivity index (χ3n) is 11.4. The van der Waals surface area contributed by atoms with E-state index < -0.39 is 6.10 Å². The number of hydrogen-bond donors (Lipinski definition) is 0. The highest BCUT2D eigenvalue weighted by Crippen LogP contribution is 2.14. The molecule has 0 heterocycles. The summed E-state index contributed by atoms with van der Waals surface area (Å²) in [5.41, 5.74) is 0. The van der Waals surface area contributed by atoms with E-state index in [4.69, 9.17) is 14.2 Å². The molecule has 6 heteroatoms. The number of allylic oxidation sites excluding steroid dienone is 12. The first kappa shape index (κ1) is 60.9. The number of unbranched alkanes of at least 4 members (excludes halogenated alkanes) is 25. The minimum absolute atomic E-state index is 0.0893. The van der Waals surface area contributed by atoms with Crippen LogP contribution in [0.25, 0.3) is 0 Å². The smallest absolute Gasteiger partial charge is 0.306 e. The topological polar surface area (TPSA) is 78.9 Å². The highest BCUT2D eigenvalue weighted by molar-refractivity contribution is 5.71. The van der Waals surface area contributed by atoms with E-state index in [-0.39, 0.29) is 31.1 Å². The lowest BCUT2D eigenvalue weighted by molar-refractivity contribution is -0.167. The van der Waals surface area contributed by atoms with Crippen LogP contribution in [0.1, 0.15) is 258 Å². The van der Waals surface area contributed by atoms with E-state index in [9.17, 15) is 14.4 Å². The number of carbonyl (C=O) groups is 3. The van der Waals surface area contributed by atoms with Crippen LogP contribution in [0.2, 0.25) is 0 Å². The molecule has 368 valence electrons. The lowest BCUT2D eigenvalue weighted by atomic mass is 10.1. The molecule has 0 fully saturated rings. The summed E-state index contributed by atoms with van der Waals surface area (Å²) in [4.78, 5) is 38.0. The Balaban J connectivity index is 4.42. The largest absolute Gasteiger partial charge is 0.462 e. The van der Waals surface area contributed by atoms with Gasteiger partial charge in [-0.1, -0.05) is 203 Å². The molecule has 0 aliphatic carbocycles. The van der Waals surface area contributed by atoms with Gasteiger partial charge in [-0.05, 0) is 109 Å². The van der Waals surface area contributed by atoms with E-state index in [1.807, 2.05) is 0 Å². The SMILES string of the molecule is CC/C=C\C/C=C\C/C=C\CCCCCCCC(=O)OC(COC(=O)CCCCCCC/C=C\CCCCCC)COC(=O)CCCCCCCCC/C=C\C/C=C\CCCCCC. The van der Waals surface area contributed by atoms with Crippen molar-refractivity contribution in [3.05, 3.63) is 72.9 Å². The zero-order chi connectivity index (χ0) is 46.5. The molecule has 0 spiro atoms. The minimum Gasteiger partial charge on any atom is -0.462 e. The quantitative estimate of drug-likeness (QED) is 0.0262. The molecule has 64 heavy (non-hydrogen) atoms. The molecule has 0 aliphatic heterocycles. The molecule has 0 radical (unpaired) electrons. The summed E-state index contributed by atoms with van der Waals surface area (Å²) in [6.07, 6.45) is 65.9. The van der Waals surface area contributed by atoms with Crippen LogP contribution in [0.15, 0.2) is 72.9 Å². The monoisotopic (exact) mass is 893 g/mol. The Kier molecular flexibility index (Phi) is 49.9. The molecule has 0 aromatic rings. The fraction of sp³-hybridized carbons (Fsp3) is 0.741. The van der Waals surface area contributed by atoms with Crippen molar-refractivity contribution in [2.75, 3.05) is 13.2 Å². The number of esters is 3. The van der Waals surface area contributed by atoms with Gasteiger partial charge in [0.15, 0.2) is 6.10 Å². The van der Waals surface area contributed by atoms with E-state index in [0.29, 0.717) is 19.3 Å². The van der Waals surface area contributed by atoms with Gasteiger partial charge in [0.25, 0.3) is 0 Å². The lowest BCUT2D eigenvalue weighted by Crippen LogP contribution is -2.30. The van der Waals surface area contributed by atoms with Crippen molar-refractivity contribution in [3.63, 3.8) is 0 Å². The van der Waals surface area contributed by atoms with Gasteiger partial charge in [-0.2, -0.15) is 0 Å². The summed E-state index contributed by atoms with van der Waals surface area (Å²) in [5.74, 6) is -0.919. The van der Waals surface area contributed by atoms with Crippen molar-refractivity contribution in [1.82, 2.24) is 0 Å². The average Bonchev–Trinajstić information content (AvgIpc) is 3.29. The van der Waals surface area contributed by atoms with Crippen LogP contribution in [0.3, 0.4) is 0 Å². The minimum atomic E-state index is -0.791. The maximum Gasteiger partial charge on any atom is 0.306 e. The van der Waals surface area contributed by atoms with Crippen molar-refractivity contribution >= 4 is 17.9 Å². The van der Waals surface area contributed by atoms with Gasteiger partial charge in [-0.15, -0.1) is 0 Å². The van der Waals surface area contributed by atoms with Gasteiger partial charge < -0.3 is 14.2 Å². The van der Waals surface area contributed by atoms with Gasteiger partial charge in [0, 0.05) is 19.3 Å². The fourth-order valence-electron chi connectivity index (χ4n) is 7.36. The Bertz CT molecular complexity index is 1210. The Morgan fingerprint density at radius 3 is 0.969 bits per heavy atom. The molecule has 0 aromatic carbocycles. The van der Waals surface area contributed by atoms with Crippen molar-refractivity contribution in [2.45, 2.75) is 264 Å². The Morgan fingerprint density at radius 1 is 0.328 bits per heavy atom. The summed E-state index contributed by atoms with van der Waals surface area (Å²) in [6, 6.07) is 0. The predicted octanol–water partition coefficient (Wildman–Crippen LogP) is 17.8. The summed E-state index contributed by atoms with van der Waals surface area (Å²) in [7, 11) is 0. The number of carbonyl (C=O) groups excluding carboxylic acids is 3. The highest BCUT2D eigenvalue weighted by atomic mass is 16.6. The Labute approximate surface area is 395 Å². The van der Waals surface area contributed by atoms with Crippen molar-refractivity contribution in [2.24, 2.45) is 0 Å². The van der Waals surface area contributed by atoms with E-state index in [0.717, 1.165) is 116 Å². The molecule has 0 aromatic heterocycles. The van der Waals surface area contributed by atoms with Crippen molar-refractivity contribution in [1.29, 1.82) is 0 Å². The summed E-state index contributed by atoms with van der Waals surface area (Å²) in [5, 5.41) is 0. The van der Waals surface area contributed by atoms with E-state index in [2.05, 4.69) is 93.7 Å². The van der Waals surface area contributed by atoms with Crippen LogP contribution in [0.5, 0.6) is 0 Å². The molecule has 0 amide bonds. The first-order valence-electron chi connectivity index (χ1n) is 26.9. The van der Waals surface area contributed by atoms with Gasteiger partial charge in [-0.3, -0.25) is 14.4 Å². The van der Waals surface area contributed by atoms with Crippen LogP contribution < -0.4 is 0 Å². The molecule has 0 saturated carbocycles. The average molecular weight is 893 g/mol. The first-order valence-corrected chi connectivity index (χ1v) is 26.9. The summed E-state index contributed by atoms with van der Waals surface area (Å²) >= 11 is 0. The second-order valence-corrected chi connectivity index (χ2v) is 17.7. The molecular formula is C58H100O6. The van der Waals surface area contributed by atoms with Crippen LogP contribution >= 0.6 is 0 Å². The number of rotatable bonds is 48. The second-order valence-electron chi connectivity index (χ2n) is 17.7. The third-order valence-corrected chi connectivity index (χ3v) is 11.4. The van der Waals surface area contributed by atoms with Gasteiger partial charge in [0.2, 0.25) is 0 Å². The van der Waals surface area contributed by atoms with E-state index >= 15 is 0 Å². The molecule has 0 rings (SSSR count). The molecule has 1 atom stereocenters. The lowest BCUT2D eigenvalue weighted by Gasteiger charge is -2.18. The molecule has 0 saturated heterocycles. The number of ether oxygens (including phenoxy) is 3. The maximum atomic E-state index is 12.8. The Hall–Kier alpha value is -3.15. The molecule has 1 unspecified atom stereocenters. The molecular weight excluding hydrogens is 793 g/mol. The molecule has 0 N–H and O–H groups in total. The molecule has 0 bridgehead atoms. The fourth-order valence-corrected chi connectivity index (χ4v) is 7.36. The van der Waals surface area contributed by atoms with Crippen LogP contribution in [0, 0.1) is 0 Å². The molecule has 0 aliphatic rings. The normalized spacial score (nSPS) is 12.6. The maximum absolute atomic E-state index is 12.8. The third kappa shape index (κ3) is 49.9. The summed E-state index contributed by atoms with van der Waals surface area (Å²) in [6.45, 7) is 6.47. The summed E-state index contributed by atoms with van der Waals surface area (Å²) < 4.78 is 16.8. The van der Waals surface area contributed by atoms with Crippen molar-refractivity contribution < 1.29 is 28.6 Å². The van der Waals surface area contributed by atoms with Crippen LogP contribution in [-0.4, -0.2) is 37.2 Å². The van der Waals surface area contributed by atoms with Crippen LogP contribution in [-0.2, 0) is 28.6 Å². The van der Waals surface area contributed by atoms with Gasteiger partial charge >= 0.3 is 17.9 Å². The van der Waals surface area contributed by atoms with E-state index in [1.165, 1.54) is 103 Å². The number of hydrogen-bond acceptors (Lipinski definition) is 6. The highest BCUT2D eigenvalue weighted by Gasteiger charge is 2.19. The van der Waals surface area contributed by atoms with Gasteiger partial charge in [-0.25, -0.2) is 0 Å². The van der Waals surface area contributed by atoms with E-state index in [1.54, 1.807) is 0 Å². The standard InChI is InChI=1S/C58H100O6/c1-4-7-10-13-16-19-22-25-27-28-29-31-33-36-39-42-45-48-51-57(60)63-54-55(53-62-56(59)50-47-44-41-38-35-32-24-21-18-15-12-9-6-3)64-58(61)52-49-46-43-40-37-34-30-26-23-20-17-14-11-8-5-2/h8,11,17,19-22,24,26-28,30,55H,4-7,9-10,12-16,18,23,25,29,31-54H2,1-3H3/b11-8-,20-17-,22-19-,24-21-,28-27-,30-26-. The van der Waals surface area contributed by atoms with Crippen molar-refractivity contribution in [3.8, 4) is 0 Å².